The number of fused-ring (bicyclic) bond motifs is 1. The van der Waals surface area contributed by atoms with Crippen LogP contribution in [0.25, 0.3) is 5.65 Å². The summed E-state index contributed by atoms with van der Waals surface area (Å²) in [5.41, 5.74) is 8.37. The maximum Gasteiger partial charge on any atom is 0.160 e. The van der Waals surface area contributed by atoms with E-state index in [1.807, 2.05) is 47.0 Å². The molecule has 2 aromatic heterocycles. The molecule has 1 atom stereocenters. The predicted molar refractivity (Wildman–Crippen MR) is 74.7 cm³/mol. The fourth-order valence-electron chi connectivity index (χ4n) is 2.21. The molecule has 19 heavy (non-hydrogen) atoms. The zero-order valence-electron chi connectivity index (χ0n) is 10.6. The van der Waals surface area contributed by atoms with Gasteiger partial charge in [0.2, 0.25) is 0 Å². The van der Waals surface area contributed by atoms with Crippen LogP contribution in [-0.2, 0) is 6.42 Å². The van der Waals surface area contributed by atoms with Gasteiger partial charge in [-0.05, 0) is 30.5 Å². The second kappa shape index (κ2) is 5.20. The van der Waals surface area contributed by atoms with Gasteiger partial charge in [0.25, 0.3) is 0 Å². The first-order valence-corrected chi connectivity index (χ1v) is 6.44. The summed E-state index contributed by atoms with van der Waals surface area (Å²) in [7, 11) is 0. The Morgan fingerprint density at radius 1 is 1.00 bits per heavy atom. The molecule has 0 amide bonds. The summed E-state index contributed by atoms with van der Waals surface area (Å²) in [4.78, 5) is 0. The van der Waals surface area contributed by atoms with Crippen LogP contribution >= 0.6 is 0 Å². The van der Waals surface area contributed by atoms with Gasteiger partial charge in [-0.3, -0.25) is 4.40 Å². The standard InChI is InChI=1S/C15H16N4/c16-13(10-9-12-6-2-1-3-7-12)15-18-17-14-8-4-5-11-19(14)15/h1-8,11,13H,9-10,16H2. The van der Waals surface area contributed by atoms with Crippen LogP contribution in [0.4, 0.5) is 0 Å². The maximum atomic E-state index is 6.23. The summed E-state index contributed by atoms with van der Waals surface area (Å²) in [5, 5.41) is 8.32. The van der Waals surface area contributed by atoms with Gasteiger partial charge in [-0.2, -0.15) is 0 Å². The summed E-state index contributed by atoms with van der Waals surface area (Å²) in [6.45, 7) is 0. The molecule has 96 valence electrons. The molecule has 0 aliphatic rings. The van der Waals surface area contributed by atoms with Crippen LogP contribution in [0.3, 0.4) is 0 Å². The first-order valence-electron chi connectivity index (χ1n) is 6.44. The summed E-state index contributed by atoms with van der Waals surface area (Å²) in [5.74, 6) is 0.825. The van der Waals surface area contributed by atoms with E-state index in [0.717, 1.165) is 24.3 Å². The average molecular weight is 252 g/mol. The summed E-state index contributed by atoms with van der Waals surface area (Å²) >= 11 is 0. The van der Waals surface area contributed by atoms with Crippen molar-refractivity contribution >= 4 is 5.65 Å². The van der Waals surface area contributed by atoms with Crippen molar-refractivity contribution in [3.8, 4) is 0 Å². The highest BCUT2D eigenvalue weighted by Gasteiger charge is 2.13. The molecule has 1 unspecified atom stereocenters. The zero-order valence-corrected chi connectivity index (χ0v) is 10.6. The van der Waals surface area contributed by atoms with Crippen molar-refractivity contribution in [2.24, 2.45) is 5.73 Å². The highest BCUT2D eigenvalue weighted by atomic mass is 15.3. The lowest BCUT2D eigenvalue weighted by Crippen LogP contribution is -2.15. The van der Waals surface area contributed by atoms with Crippen LogP contribution in [0.2, 0.25) is 0 Å². The molecular weight excluding hydrogens is 236 g/mol. The largest absolute Gasteiger partial charge is 0.321 e. The van der Waals surface area contributed by atoms with Gasteiger partial charge in [0.15, 0.2) is 11.5 Å². The van der Waals surface area contributed by atoms with E-state index in [9.17, 15) is 0 Å². The monoisotopic (exact) mass is 252 g/mol. The SMILES string of the molecule is NC(CCc1ccccc1)c1nnc2ccccn12. The Morgan fingerprint density at radius 3 is 2.63 bits per heavy atom. The molecular formula is C15H16N4. The molecule has 0 aliphatic heterocycles. The fourth-order valence-corrected chi connectivity index (χ4v) is 2.21. The molecule has 0 bridgehead atoms. The summed E-state index contributed by atoms with van der Waals surface area (Å²) in [6, 6.07) is 16.1. The maximum absolute atomic E-state index is 6.23. The van der Waals surface area contributed by atoms with Crippen LogP contribution in [-0.4, -0.2) is 14.6 Å². The Labute approximate surface area is 111 Å². The fraction of sp³-hybridized carbons (Fsp3) is 0.200. The van der Waals surface area contributed by atoms with Gasteiger partial charge in [-0.1, -0.05) is 36.4 Å². The van der Waals surface area contributed by atoms with Gasteiger partial charge in [-0.25, -0.2) is 0 Å². The number of benzene rings is 1. The number of nitrogens with two attached hydrogens (primary N) is 1. The van der Waals surface area contributed by atoms with Crippen molar-refractivity contribution in [2.45, 2.75) is 18.9 Å². The Balaban J connectivity index is 1.75. The van der Waals surface area contributed by atoms with Crippen LogP contribution in [0.15, 0.2) is 54.7 Å². The smallest absolute Gasteiger partial charge is 0.160 e. The Morgan fingerprint density at radius 2 is 1.79 bits per heavy atom. The van der Waals surface area contributed by atoms with E-state index in [0.29, 0.717) is 0 Å². The lowest BCUT2D eigenvalue weighted by molar-refractivity contribution is 0.606. The van der Waals surface area contributed by atoms with E-state index in [4.69, 9.17) is 5.73 Å². The van der Waals surface area contributed by atoms with Gasteiger partial charge < -0.3 is 5.73 Å². The van der Waals surface area contributed by atoms with E-state index in [1.54, 1.807) is 0 Å². The minimum Gasteiger partial charge on any atom is -0.321 e. The molecule has 4 heteroatoms. The number of hydrogen-bond acceptors (Lipinski definition) is 3. The van der Waals surface area contributed by atoms with Crippen molar-refractivity contribution in [2.75, 3.05) is 0 Å². The molecule has 0 saturated carbocycles. The third-order valence-electron chi connectivity index (χ3n) is 3.26. The first kappa shape index (κ1) is 11.9. The Bertz CT molecular complexity index is 660. The third-order valence-corrected chi connectivity index (χ3v) is 3.26. The summed E-state index contributed by atoms with van der Waals surface area (Å²) < 4.78 is 1.95. The number of nitrogens with zero attached hydrogens (tertiary/aromatic N) is 3. The van der Waals surface area contributed by atoms with Crippen molar-refractivity contribution in [3.63, 3.8) is 0 Å². The third kappa shape index (κ3) is 2.48. The van der Waals surface area contributed by atoms with E-state index < -0.39 is 0 Å². The van der Waals surface area contributed by atoms with Crippen molar-refractivity contribution in [1.82, 2.24) is 14.6 Å². The molecule has 0 radical (unpaired) electrons. The second-order valence-corrected chi connectivity index (χ2v) is 4.62. The molecule has 0 spiro atoms. The number of aryl methyl sites for hydroxylation is 1. The quantitative estimate of drug-likeness (QED) is 0.775. The van der Waals surface area contributed by atoms with Crippen molar-refractivity contribution in [3.05, 3.63) is 66.1 Å². The molecule has 3 aromatic rings. The topological polar surface area (TPSA) is 56.2 Å². The van der Waals surface area contributed by atoms with Crippen LogP contribution in [0.5, 0.6) is 0 Å². The van der Waals surface area contributed by atoms with E-state index in [-0.39, 0.29) is 6.04 Å². The lowest BCUT2D eigenvalue weighted by atomic mass is 10.1. The molecule has 1 aromatic carbocycles. The zero-order chi connectivity index (χ0) is 13.1. The summed E-state index contributed by atoms with van der Waals surface area (Å²) in [6.07, 6.45) is 3.76. The van der Waals surface area contributed by atoms with Gasteiger partial charge in [0, 0.05) is 6.20 Å². The van der Waals surface area contributed by atoms with Gasteiger partial charge in [0.1, 0.15) is 0 Å². The van der Waals surface area contributed by atoms with Crippen LogP contribution in [0, 0.1) is 0 Å². The van der Waals surface area contributed by atoms with E-state index in [1.165, 1.54) is 5.56 Å². The number of aromatic nitrogens is 3. The first-order chi connectivity index (χ1) is 9.34. The molecule has 4 nitrogen and oxygen atoms in total. The molecule has 0 saturated heterocycles. The number of hydrogen-bond donors (Lipinski definition) is 1. The minimum absolute atomic E-state index is 0.0994. The second-order valence-electron chi connectivity index (χ2n) is 4.62. The predicted octanol–water partition coefficient (Wildman–Crippen LogP) is 2.36. The molecule has 0 aliphatic carbocycles. The van der Waals surface area contributed by atoms with Crippen LogP contribution in [0.1, 0.15) is 23.9 Å². The molecule has 2 N–H and O–H groups in total. The van der Waals surface area contributed by atoms with Crippen molar-refractivity contribution in [1.29, 1.82) is 0 Å². The van der Waals surface area contributed by atoms with Gasteiger partial charge in [-0.15, -0.1) is 10.2 Å². The Kier molecular flexibility index (Phi) is 3.25. The molecule has 0 fully saturated rings. The van der Waals surface area contributed by atoms with Gasteiger partial charge in [0.05, 0.1) is 6.04 Å². The van der Waals surface area contributed by atoms with Gasteiger partial charge >= 0.3 is 0 Å². The minimum atomic E-state index is -0.0994. The number of pyridine rings is 1. The highest BCUT2D eigenvalue weighted by molar-refractivity contribution is 5.37. The number of rotatable bonds is 4. The lowest BCUT2D eigenvalue weighted by Gasteiger charge is -2.09. The molecule has 3 rings (SSSR count). The average Bonchev–Trinajstić information content (AvgIpc) is 2.90. The van der Waals surface area contributed by atoms with Crippen molar-refractivity contribution < 1.29 is 0 Å². The Hall–Kier alpha value is -2.20. The highest BCUT2D eigenvalue weighted by Crippen LogP contribution is 2.16. The normalized spacial score (nSPS) is 12.7. The van der Waals surface area contributed by atoms with Crippen LogP contribution < -0.4 is 5.73 Å². The van der Waals surface area contributed by atoms with E-state index in [2.05, 4.69) is 22.3 Å². The van der Waals surface area contributed by atoms with E-state index >= 15 is 0 Å². The molecule has 2 heterocycles.